The largest absolute Gasteiger partial charge is 0.378 e. The summed E-state index contributed by atoms with van der Waals surface area (Å²) in [5, 5.41) is 14.5. The van der Waals surface area contributed by atoms with Crippen LogP contribution in [0, 0.1) is 6.92 Å². The van der Waals surface area contributed by atoms with E-state index in [9.17, 15) is 0 Å². The number of aryl methyl sites for hydroxylation is 1. The summed E-state index contributed by atoms with van der Waals surface area (Å²) in [6.45, 7) is 5.88. The van der Waals surface area contributed by atoms with Crippen LogP contribution in [0.15, 0.2) is 12.3 Å². The molecule has 5 heteroatoms. The van der Waals surface area contributed by atoms with Crippen molar-refractivity contribution in [3.05, 3.63) is 17.8 Å². The first-order chi connectivity index (χ1) is 8.84. The minimum atomic E-state index is 0.449. The summed E-state index contributed by atoms with van der Waals surface area (Å²) in [6.07, 6.45) is 5.48. The van der Waals surface area contributed by atoms with Crippen LogP contribution in [-0.2, 0) is 4.74 Å². The van der Waals surface area contributed by atoms with E-state index in [1.165, 1.54) is 0 Å². The van der Waals surface area contributed by atoms with Crippen LogP contribution in [0.3, 0.4) is 0 Å². The number of nitrogens with zero attached hydrogens (tertiary/aromatic N) is 2. The molecule has 0 amide bonds. The number of nitrogens with one attached hydrogen (secondary N) is 2. The summed E-state index contributed by atoms with van der Waals surface area (Å²) in [5.41, 5.74) is 1.12. The molecule has 5 nitrogen and oxygen atoms in total. The zero-order valence-electron chi connectivity index (χ0n) is 11.0. The number of hydrogen-bond donors (Lipinski definition) is 2. The van der Waals surface area contributed by atoms with Gasteiger partial charge in [-0.15, -0.1) is 5.10 Å². The predicted octanol–water partition coefficient (Wildman–Crippen LogP) is 1.36. The third-order valence-electron chi connectivity index (χ3n) is 3.06. The Morgan fingerprint density at radius 3 is 3.06 bits per heavy atom. The van der Waals surface area contributed by atoms with Crippen molar-refractivity contribution in [3.63, 3.8) is 0 Å². The minimum Gasteiger partial charge on any atom is -0.378 e. The van der Waals surface area contributed by atoms with Crippen LogP contribution in [0.4, 0.5) is 5.82 Å². The van der Waals surface area contributed by atoms with Crippen LogP contribution < -0.4 is 10.6 Å². The van der Waals surface area contributed by atoms with Gasteiger partial charge in [-0.3, -0.25) is 0 Å². The fraction of sp³-hybridized carbons (Fsp3) is 0.692. The number of piperidine rings is 1. The second kappa shape index (κ2) is 7.28. The van der Waals surface area contributed by atoms with E-state index < -0.39 is 0 Å². The molecule has 18 heavy (non-hydrogen) atoms. The summed E-state index contributed by atoms with van der Waals surface area (Å²) in [6, 6.07) is 2.00. The van der Waals surface area contributed by atoms with Crippen molar-refractivity contribution in [2.45, 2.75) is 32.3 Å². The molecule has 1 aromatic rings. The van der Waals surface area contributed by atoms with Gasteiger partial charge in [-0.1, -0.05) is 0 Å². The van der Waals surface area contributed by atoms with E-state index in [1.54, 1.807) is 6.20 Å². The average molecular weight is 250 g/mol. The molecular formula is C13H22N4O. The van der Waals surface area contributed by atoms with Crippen LogP contribution in [0.1, 0.15) is 24.8 Å². The van der Waals surface area contributed by atoms with Gasteiger partial charge in [-0.25, -0.2) is 0 Å². The van der Waals surface area contributed by atoms with Crippen molar-refractivity contribution >= 4 is 5.82 Å². The van der Waals surface area contributed by atoms with Gasteiger partial charge in [0.05, 0.1) is 12.3 Å². The fourth-order valence-corrected chi connectivity index (χ4v) is 2.05. The van der Waals surface area contributed by atoms with Gasteiger partial charge in [0.1, 0.15) is 5.82 Å². The molecule has 0 atom stereocenters. The fourth-order valence-electron chi connectivity index (χ4n) is 2.05. The van der Waals surface area contributed by atoms with Gasteiger partial charge in [-0.2, -0.15) is 5.10 Å². The molecule has 0 saturated carbocycles. The number of hydrogen-bond acceptors (Lipinski definition) is 5. The summed E-state index contributed by atoms with van der Waals surface area (Å²) >= 11 is 0. The van der Waals surface area contributed by atoms with Crippen LogP contribution in [-0.4, -0.2) is 42.5 Å². The van der Waals surface area contributed by atoms with E-state index in [-0.39, 0.29) is 0 Å². The van der Waals surface area contributed by atoms with Crippen molar-refractivity contribution in [1.29, 1.82) is 0 Å². The molecule has 0 spiro atoms. The number of aromatic nitrogens is 2. The molecule has 1 aromatic heterocycles. The molecule has 0 aromatic carbocycles. The zero-order valence-corrected chi connectivity index (χ0v) is 11.0. The number of ether oxygens (including phenoxy) is 1. The monoisotopic (exact) mass is 250 g/mol. The highest BCUT2D eigenvalue weighted by molar-refractivity contribution is 5.34. The molecule has 1 aliphatic rings. The van der Waals surface area contributed by atoms with Crippen molar-refractivity contribution in [2.24, 2.45) is 0 Å². The lowest BCUT2D eigenvalue weighted by atomic mass is 10.1. The van der Waals surface area contributed by atoms with Gasteiger partial charge in [-0.05, 0) is 50.9 Å². The quantitative estimate of drug-likeness (QED) is 0.746. The van der Waals surface area contributed by atoms with E-state index in [1.807, 2.05) is 13.0 Å². The SMILES string of the molecule is Cc1cnnc(NCCCOC2CCNCC2)c1. The van der Waals surface area contributed by atoms with Gasteiger partial charge >= 0.3 is 0 Å². The molecule has 100 valence electrons. The molecule has 2 heterocycles. The summed E-state index contributed by atoms with van der Waals surface area (Å²) in [5.74, 6) is 0.844. The normalized spacial score (nSPS) is 16.7. The first-order valence-corrected chi connectivity index (χ1v) is 6.70. The second-order valence-electron chi connectivity index (χ2n) is 4.72. The van der Waals surface area contributed by atoms with E-state index >= 15 is 0 Å². The Hall–Kier alpha value is -1.20. The molecule has 1 fully saturated rings. The van der Waals surface area contributed by atoms with E-state index in [4.69, 9.17) is 4.74 Å². The highest BCUT2D eigenvalue weighted by Gasteiger charge is 2.12. The van der Waals surface area contributed by atoms with E-state index in [0.717, 1.165) is 56.9 Å². The Bertz CT molecular complexity index is 353. The molecule has 2 rings (SSSR count). The third kappa shape index (κ3) is 4.58. The minimum absolute atomic E-state index is 0.449. The van der Waals surface area contributed by atoms with Gasteiger partial charge in [0.15, 0.2) is 0 Å². The van der Waals surface area contributed by atoms with E-state index in [2.05, 4.69) is 20.8 Å². The molecule has 1 saturated heterocycles. The van der Waals surface area contributed by atoms with Crippen LogP contribution in [0.2, 0.25) is 0 Å². The highest BCUT2D eigenvalue weighted by atomic mass is 16.5. The summed E-state index contributed by atoms with van der Waals surface area (Å²) in [7, 11) is 0. The number of rotatable bonds is 6. The maximum absolute atomic E-state index is 5.83. The molecule has 1 aliphatic heterocycles. The van der Waals surface area contributed by atoms with Gasteiger partial charge < -0.3 is 15.4 Å². The molecule has 0 radical (unpaired) electrons. The van der Waals surface area contributed by atoms with Crippen LogP contribution in [0.25, 0.3) is 0 Å². The summed E-state index contributed by atoms with van der Waals surface area (Å²) < 4.78 is 5.83. The molecular weight excluding hydrogens is 228 g/mol. The standard InChI is InChI=1S/C13H22N4O/c1-11-9-13(17-16-10-11)15-5-2-8-18-12-3-6-14-7-4-12/h9-10,12,14H,2-8H2,1H3,(H,15,17). The third-order valence-corrected chi connectivity index (χ3v) is 3.06. The van der Waals surface area contributed by atoms with Gasteiger partial charge in [0.25, 0.3) is 0 Å². The lowest BCUT2D eigenvalue weighted by Crippen LogP contribution is -2.32. The molecule has 0 unspecified atom stereocenters. The Morgan fingerprint density at radius 1 is 1.44 bits per heavy atom. The topological polar surface area (TPSA) is 59.1 Å². The van der Waals surface area contributed by atoms with Crippen molar-refractivity contribution in [2.75, 3.05) is 31.6 Å². The number of anilines is 1. The lowest BCUT2D eigenvalue weighted by Gasteiger charge is -2.22. The van der Waals surface area contributed by atoms with Crippen molar-refractivity contribution < 1.29 is 4.74 Å². The Kier molecular flexibility index (Phi) is 5.36. The van der Waals surface area contributed by atoms with E-state index in [0.29, 0.717) is 6.10 Å². The average Bonchev–Trinajstić information content (AvgIpc) is 2.40. The second-order valence-corrected chi connectivity index (χ2v) is 4.72. The first-order valence-electron chi connectivity index (χ1n) is 6.70. The van der Waals surface area contributed by atoms with Crippen LogP contribution in [0.5, 0.6) is 0 Å². The lowest BCUT2D eigenvalue weighted by molar-refractivity contribution is 0.0329. The van der Waals surface area contributed by atoms with Crippen molar-refractivity contribution in [1.82, 2.24) is 15.5 Å². The molecule has 2 N–H and O–H groups in total. The zero-order chi connectivity index (χ0) is 12.6. The Morgan fingerprint density at radius 2 is 2.28 bits per heavy atom. The predicted molar refractivity (Wildman–Crippen MR) is 71.7 cm³/mol. The smallest absolute Gasteiger partial charge is 0.148 e. The molecule has 0 aliphatic carbocycles. The maximum atomic E-state index is 5.83. The Labute approximate surface area is 108 Å². The molecule has 0 bridgehead atoms. The first kappa shape index (κ1) is 13.2. The maximum Gasteiger partial charge on any atom is 0.148 e. The van der Waals surface area contributed by atoms with Crippen molar-refractivity contribution in [3.8, 4) is 0 Å². The summed E-state index contributed by atoms with van der Waals surface area (Å²) in [4.78, 5) is 0. The van der Waals surface area contributed by atoms with Crippen LogP contribution >= 0.6 is 0 Å². The van der Waals surface area contributed by atoms with Gasteiger partial charge in [0.2, 0.25) is 0 Å². The Balaban J connectivity index is 1.55. The van der Waals surface area contributed by atoms with Gasteiger partial charge in [0, 0.05) is 13.2 Å². The highest BCUT2D eigenvalue weighted by Crippen LogP contribution is 2.07.